The highest BCUT2D eigenvalue weighted by Crippen LogP contribution is 2.33. The number of amides is 1. The Labute approximate surface area is 114 Å². The first kappa shape index (κ1) is 13.8. The number of nitrogens with one attached hydrogen (secondary N) is 1. The maximum Gasteiger partial charge on any atom is 0.243 e. The van der Waals surface area contributed by atoms with Gasteiger partial charge in [0.15, 0.2) is 0 Å². The van der Waals surface area contributed by atoms with E-state index >= 15 is 0 Å². The van der Waals surface area contributed by atoms with E-state index in [1.807, 2.05) is 0 Å². The SMILES string of the molecule is C=CC(=O)NC[C@H]1CCCO[C@H]1c1ccc(C)cc1. The Balaban J connectivity index is 2.05. The van der Waals surface area contributed by atoms with Crippen molar-refractivity contribution in [2.24, 2.45) is 5.92 Å². The minimum atomic E-state index is -0.117. The lowest BCUT2D eigenvalue weighted by Crippen LogP contribution is -2.34. The molecule has 0 aliphatic carbocycles. The van der Waals surface area contributed by atoms with Crippen LogP contribution in [0.2, 0.25) is 0 Å². The van der Waals surface area contributed by atoms with E-state index in [0.29, 0.717) is 12.5 Å². The molecule has 1 amide bonds. The number of carbonyl (C=O) groups is 1. The second-order valence-corrected chi connectivity index (χ2v) is 5.05. The molecule has 3 heteroatoms. The molecular formula is C16H21NO2. The molecule has 19 heavy (non-hydrogen) atoms. The van der Waals surface area contributed by atoms with Crippen molar-refractivity contribution in [3.05, 3.63) is 48.0 Å². The maximum atomic E-state index is 11.3. The molecule has 0 radical (unpaired) electrons. The number of carbonyl (C=O) groups excluding carboxylic acids is 1. The van der Waals surface area contributed by atoms with E-state index in [2.05, 4.69) is 43.1 Å². The first-order valence-electron chi connectivity index (χ1n) is 6.79. The highest BCUT2D eigenvalue weighted by Gasteiger charge is 2.27. The number of rotatable bonds is 4. The molecule has 1 N–H and O–H groups in total. The summed E-state index contributed by atoms with van der Waals surface area (Å²) in [5.41, 5.74) is 2.44. The molecule has 0 bridgehead atoms. The van der Waals surface area contributed by atoms with Crippen LogP contribution >= 0.6 is 0 Å². The minimum Gasteiger partial charge on any atom is -0.373 e. The van der Waals surface area contributed by atoms with Crippen LogP contribution in [-0.4, -0.2) is 19.1 Å². The van der Waals surface area contributed by atoms with Gasteiger partial charge in [0.25, 0.3) is 0 Å². The Morgan fingerprint density at radius 3 is 2.89 bits per heavy atom. The molecule has 2 rings (SSSR count). The summed E-state index contributed by atoms with van der Waals surface area (Å²) in [6, 6.07) is 8.45. The average Bonchev–Trinajstić information content (AvgIpc) is 2.46. The Kier molecular flexibility index (Phi) is 4.74. The van der Waals surface area contributed by atoms with Crippen molar-refractivity contribution in [1.29, 1.82) is 0 Å². The quantitative estimate of drug-likeness (QED) is 0.844. The lowest BCUT2D eigenvalue weighted by molar-refractivity contribution is -0.117. The number of aryl methyl sites for hydroxylation is 1. The molecule has 3 nitrogen and oxygen atoms in total. The second-order valence-electron chi connectivity index (χ2n) is 5.05. The minimum absolute atomic E-state index is 0.0828. The number of ether oxygens (including phenoxy) is 1. The standard InChI is InChI=1S/C16H21NO2/c1-3-15(18)17-11-14-5-4-10-19-16(14)13-8-6-12(2)7-9-13/h3,6-9,14,16H,1,4-5,10-11H2,2H3,(H,17,18)/t14-,16+/m1/s1. The summed E-state index contributed by atoms with van der Waals surface area (Å²) >= 11 is 0. The van der Waals surface area contributed by atoms with Crippen LogP contribution in [0, 0.1) is 12.8 Å². The molecule has 1 fully saturated rings. The fraction of sp³-hybridized carbons (Fsp3) is 0.438. The van der Waals surface area contributed by atoms with Gasteiger partial charge in [-0.15, -0.1) is 0 Å². The zero-order valence-corrected chi connectivity index (χ0v) is 11.4. The molecule has 1 aromatic carbocycles. The summed E-state index contributed by atoms with van der Waals surface area (Å²) in [5, 5.41) is 2.88. The van der Waals surface area contributed by atoms with Crippen molar-refractivity contribution >= 4 is 5.91 Å². The van der Waals surface area contributed by atoms with Gasteiger partial charge in [0.1, 0.15) is 0 Å². The van der Waals surface area contributed by atoms with Crippen LogP contribution in [-0.2, 0) is 9.53 Å². The van der Waals surface area contributed by atoms with Gasteiger partial charge in [-0.25, -0.2) is 0 Å². The Morgan fingerprint density at radius 1 is 1.47 bits per heavy atom. The lowest BCUT2D eigenvalue weighted by Gasteiger charge is -2.32. The van der Waals surface area contributed by atoms with Crippen LogP contribution in [0.3, 0.4) is 0 Å². The largest absolute Gasteiger partial charge is 0.373 e. The molecule has 1 saturated heterocycles. The summed E-state index contributed by atoms with van der Waals surface area (Å²) in [4.78, 5) is 11.3. The molecule has 1 aliphatic rings. The van der Waals surface area contributed by atoms with Crippen LogP contribution in [0.15, 0.2) is 36.9 Å². The van der Waals surface area contributed by atoms with Gasteiger partial charge in [-0.3, -0.25) is 4.79 Å². The van der Waals surface area contributed by atoms with Crippen molar-refractivity contribution in [3.8, 4) is 0 Å². The van der Waals surface area contributed by atoms with E-state index in [1.54, 1.807) is 0 Å². The van der Waals surface area contributed by atoms with Gasteiger partial charge >= 0.3 is 0 Å². The third-order valence-electron chi connectivity index (χ3n) is 3.57. The van der Waals surface area contributed by atoms with E-state index in [9.17, 15) is 4.79 Å². The van der Waals surface area contributed by atoms with Crippen LogP contribution in [0.5, 0.6) is 0 Å². The van der Waals surface area contributed by atoms with Gasteiger partial charge in [-0.1, -0.05) is 36.4 Å². The molecule has 102 valence electrons. The van der Waals surface area contributed by atoms with Crippen LogP contribution in [0.25, 0.3) is 0 Å². The Morgan fingerprint density at radius 2 is 2.21 bits per heavy atom. The Bertz CT molecular complexity index is 439. The van der Waals surface area contributed by atoms with Gasteiger partial charge in [-0.05, 0) is 31.4 Å². The van der Waals surface area contributed by atoms with Crippen LogP contribution in [0.4, 0.5) is 0 Å². The van der Waals surface area contributed by atoms with E-state index < -0.39 is 0 Å². The van der Waals surface area contributed by atoms with Gasteiger partial charge in [0.05, 0.1) is 6.10 Å². The van der Waals surface area contributed by atoms with Gasteiger partial charge in [0, 0.05) is 19.1 Å². The van der Waals surface area contributed by atoms with Gasteiger partial charge in [-0.2, -0.15) is 0 Å². The third-order valence-corrected chi connectivity index (χ3v) is 3.57. The van der Waals surface area contributed by atoms with Crippen LogP contribution < -0.4 is 5.32 Å². The van der Waals surface area contributed by atoms with E-state index in [0.717, 1.165) is 19.4 Å². The predicted octanol–water partition coefficient (Wildman–Crippen LogP) is 2.76. The molecule has 2 atom stereocenters. The van der Waals surface area contributed by atoms with Crippen molar-refractivity contribution in [2.45, 2.75) is 25.9 Å². The average molecular weight is 259 g/mol. The number of benzene rings is 1. The monoisotopic (exact) mass is 259 g/mol. The predicted molar refractivity (Wildman–Crippen MR) is 75.8 cm³/mol. The molecule has 0 aromatic heterocycles. The van der Waals surface area contributed by atoms with Crippen molar-refractivity contribution in [3.63, 3.8) is 0 Å². The fourth-order valence-corrected chi connectivity index (χ4v) is 2.48. The molecule has 1 aromatic rings. The van der Waals surface area contributed by atoms with E-state index in [4.69, 9.17) is 4.74 Å². The molecule has 0 spiro atoms. The first-order valence-corrected chi connectivity index (χ1v) is 6.79. The molecule has 1 aliphatic heterocycles. The first-order chi connectivity index (χ1) is 9.20. The smallest absolute Gasteiger partial charge is 0.243 e. The summed E-state index contributed by atoms with van der Waals surface area (Å²) in [6.45, 7) is 6.98. The topological polar surface area (TPSA) is 38.3 Å². The molecule has 0 unspecified atom stereocenters. The Hall–Kier alpha value is -1.61. The van der Waals surface area contributed by atoms with Crippen molar-refractivity contribution in [2.75, 3.05) is 13.2 Å². The van der Waals surface area contributed by atoms with Crippen LogP contribution in [0.1, 0.15) is 30.1 Å². The third kappa shape index (κ3) is 3.67. The van der Waals surface area contributed by atoms with E-state index in [1.165, 1.54) is 17.2 Å². The molecular weight excluding hydrogens is 238 g/mol. The number of hydrogen-bond acceptors (Lipinski definition) is 2. The maximum absolute atomic E-state index is 11.3. The van der Waals surface area contributed by atoms with Gasteiger partial charge in [0.2, 0.25) is 5.91 Å². The summed E-state index contributed by atoms with van der Waals surface area (Å²) in [5.74, 6) is 0.216. The normalized spacial score (nSPS) is 22.8. The van der Waals surface area contributed by atoms with Crippen molar-refractivity contribution in [1.82, 2.24) is 5.32 Å². The lowest BCUT2D eigenvalue weighted by atomic mass is 9.89. The van der Waals surface area contributed by atoms with Crippen molar-refractivity contribution < 1.29 is 9.53 Å². The fourth-order valence-electron chi connectivity index (χ4n) is 2.48. The zero-order chi connectivity index (χ0) is 13.7. The summed E-state index contributed by atoms with van der Waals surface area (Å²) in [7, 11) is 0. The highest BCUT2D eigenvalue weighted by atomic mass is 16.5. The second kappa shape index (κ2) is 6.53. The number of hydrogen-bond donors (Lipinski definition) is 1. The summed E-state index contributed by atoms with van der Waals surface area (Å²) < 4.78 is 5.91. The van der Waals surface area contributed by atoms with Gasteiger partial charge < -0.3 is 10.1 Å². The summed E-state index contributed by atoms with van der Waals surface area (Å²) in [6.07, 6.45) is 3.52. The molecule has 1 heterocycles. The molecule has 0 saturated carbocycles. The zero-order valence-electron chi connectivity index (χ0n) is 11.4. The van der Waals surface area contributed by atoms with E-state index in [-0.39, 0.29) is 12.0 Å². The highest BCUT2D eigenvalue weighted by molar-refractivity contribution is 5.86.